The Balaban J connectivity index is 1.63. The fraction of sp³-hybridized carbons (Fsp3) is 1.00. The van der Waals surface area contributed by atoms with Gasteiger partial charge in [-0.3, -0.25) is 0 Å². The van der Waals surface area contributed by atoms with Gasteiger partial charge in [-0.2, -0.15) is 0 Å². The van der Waals surface area contributed by atoms with Gasteiger partial charge in [-0.1, -0.05) is 0 Å². The molecule has 1 heterocycles. The van der Waals surface area contributed by atoms with E-state index in [9.17, 15) is 5.11 Å². The molecule has 1 saturated heterocycles. The summed E-state index contributed by atoms with van der Waals surface area (Å²) >= 11 is 0. The Morgan fingerprint density at radius 2 is 2.20 bits per heavy atom. The largest absolute Gasteiger partial charge is 0.388 e. The van der Waals surface area contributed by atoms with E-state index in [1.807, 2.05) is 6.92 Å². The number of rotatable bonds is 6. The van der Waals surface area contributed by atoms with Gasteiger partial charge in [0.2, 0.25) is 0 Å². The summed E-state index contributed by atoms with van der Waals surface area (Å²) in [5.74, 6) is 0.540. The minimum absolute atomic E-state index is 0.109. The smallest absolute Gasteiger partial charge is 0.112 e. The van der Waals surface area contributed by atoms with Crippen molar-refractivity contribution in [2.24, 2.45) is 5.92 Å². The van der Waals surface area contributed by atoms with Crippen molar-refractivity contribution in [3.63, 3.8) is 0 Å². The van der Waals surface area contributed by atoms with Crippen molar-refractivity contribution < 1.29 is 24.1 Å². The number of aliphatic hydroxyl groups excluding tert-OH is 1. The summed E-state index contributed by atoms with van der Waals surface area (Å²) in [4.78, 5) is 0. The normalized spacial score (nSPS) is 50.4. The van der Waals surface area contributed by atoms with Gasteiger partial charge in [0.1, 0.15) is 26.2 Å². The van der Waals surface area contributed by atoms with Gasteiger partial charge < -0.3 is 24.1 Å². The van der Waals surface area contributed by atoms with Crippen LogP contribution in [0.5, 0.6) is 0 Å². The summed E-state index contributed by atoms with van der Waals surface area (Å²) in [6, 6.07) is -0.607. The zero-order chi connectivity index (χ0) is 14.3. The zero-order valence-corrected chi connectivity index (χ0v) is 12.2. The third-order valence-electron chi connectivity index (χ3n) is 4.92. The Morgan fingerprint density at radius 3 is 2.85 bits per heavy atom. The molecule has 6 heteroatoms. The van der Waals surface area contributed by atoms with Crippen LogP contribution in [0.2, 0.25) is 0 Å². The van der Waals surface area contributed by atoms with Gasteiger partial charge in [0.15, 0.2) is 0 Å². The summed E-state index contributed by atoms with van der Waals surface area (Å²) in [5.41, 5.74) is -0.248. The minimum Gasteiger partial charge on any atom is -0.388 e. The molecule has 5 nitrogen and oxygen atoms in total. The van der Waals surface area contributed by atoms with Crippen LogP contribution in [0.25, 0.3) is 0 Å². The number of hydrogen-bond acceptors (Lipinski definition) is 5. The second kappa shape index (κ2) is 5.57. The molecular weight excluding hydrogens is 259 g/mol. The number of fused-ring (bicyclic) bond motifs is 1. The molecule has 0 aromatic rings. The first-order valence-corrected chi connectivity index (χ1v) is 7.50. The van der Waals surface area contributed by atoms with Gasteiger partial charge in [0, 0.05) is 19.7 Å². The lowest BCUT2D eigenvalue weighted by atomic mass is 9.92. The molecule has 2 radical (unpaired) electrons. The monoisotopic (exact) mass is 282 g/mol. The molecule has 0 aromatic carbocycles. The molecule has 5 unspecified atom stereocenters. The van der Waals surface area contributed by atoms with Crippen molar-refractivity contribution in [2.45, 2.75) is 62.2 Å². The Kier molecular flexibility index (Phi) is 4.12. The second-order valence-corrected chi connectivity index (χ2v) is 6.03. The van der Waals surface area contributed by atoms with E-state index in [1.54, 1.807) is 7.11 Å². The maximum absolute atomic E-state index is 10.3. The molecule has 1 N–H and O–H groups in total. The van der Waals surface area contributed by atoms with E-state index in [2.05, 4.69) is 0 Å². The van der Waals surface area contributed by atoms with Crippen molar-refractivity contribution >= 4 is 7.85 Å². The fourth-order valence-corrected chi connectivity index (χ4v) is 3.73. The molecule has 3 rings (SSSR count). The van der Waals surface area contributed by atoms with Crippen LogP contribution in [0.4, 0.5) is 0 Å². The predicted molar refractivity (Wildman–Crippen MR) is 72.7 cm³/mol. The van der Waals surface area contributed by atoms with Crippen LogP contribution >= 0.6 is 0 Å². The summed E-state index contributed by atoms with van der Waals surface area (Å²) in [6.45, 7) is 2.84. The van der Waals surface area contributed by atoms with Crippen LogP contribution in [-0.2, 0) is 18.9 Å². The Hall–Kier alpha value is -0.135. The standard InChI is InChI=1S/C14H23BO5/c1-3-18-7-9-11(16)12(13(15)19-9)20-14-6-8(14)4-5-10(14)17-2/h8-13,16H,3-7H2,1-2H3/t8?,9?,10-,11?,12?,13-,14?/m1/s1. The summed E-state index contributed by atoms with van der Waals surface area (Å²) in [7, 11) is 7.69. The van der Waals surface area contributed by atoms with E-state index in [0.717, 1.165) is 19.3 Å². The number of hydrogen-bond donors (Lipinski definition) is 1. The molecule has 3 fully saturated rings. The maximum Gasteiger partial charge on any atom is 0.112 e. The highest BCUT2D eigenvalue weighted by Gasteiger charge is 2.66. The fourth-order valence-electron chi connectivity index (χ4n) is 3.73. The van der Waals surface area contributed by atoms with Gasteiger partial charge in [0.05, 0.1) is 18.3 Å². The number of aliphatic hydroxyl groups is 1. The molecule has 3 aliphatic rings. The molecule has 1 aliphatic heterocycles. The predicted octanol–water partition coefficient (Wildman–Crippen LogP) is 0.230. The van der Waals surface area contributed by atoms with Gasteiger partial charge in [-0.05, 0) is 32.1 Å². The van der Waals surface area contributed by atoms with Crippen LogP contribution < -0.4 is 0 Å². The molecule has 0 aromatic heterocycles. The average Bonchev–Trinajstić information content (AvgIpc) is 2.95. The van der Waals surface area contributed by atoms with Crippen LogP contribution in [0.15, 0.2) is 0 Å². The lowest BCUT2D eigenvalue weighted by molar-refractivity contribution is -0.129. The Bertz CT molecular complexity index is 354. The molecule has 2 saturated carbocycles. The highest BCUT2D eigenvalue weighted by atomic mass is 16.6. The number of methoxy groups -OCH3 is 1. The molecule has 0 bridgehead atoms. The van der Waals surface area contributed by atoms with Crippen LogP contribution in [0, 0.1) is 5.92 Å². The van der Waals surface area contributed by atoms with Gasteiger partial charge in [-0.25, -0.2) is 0 Å². The Labute approximate surface area is 121 Å². The van der Waals surface area contributed by atoms with Crippen molar-refractivity contribution in [1.82, 2.24) is 0 Å². The first-order valence-electron chi connectivity index (χ1n) is 7.50. The summed E-state index contributed by atoms with van der Waals surface area (Å²) < 4.78 is 22.6. The maximum atomic E-state index is 10.3. The van der Waals surface area contributed by atoms with Crippen molar-refractivity contribution in [1.29, 1.82) is 0 Å². The lowest BCUT2D eigenvalue weighted by Crippen LogP contribution is -2.44. The van der Waals surface area contributed by atoms with Gasteiger partial charge in [-0.15, -0.1) is 0 Å². The highest BCUT2D eigenvalue weighted by Crippen LogP contribution is 2.60. The topological polar surface area (TPSA) is 57.2 Å². The van der Waals surface area contributed by atoms with Crippen molar-refractivity contribution in [3.8, 4) is 0 Å². The molecule has 0 spiro atoms. The molecule has 20 heavy (non-hydrogen) atoms. The van der Waals surface area contributed by atoms with E-state index < -0.39 is 24.3 Å². The highest BCUT2D eigenvalue weighted by molar-refractivity contribution is 6.11. The minimum atomic E-state index is -0.745. The SMILES string of the molecule is [B][C@@H]1OC(COCC)C(O)C1OC12CC1CC[C@H]2OC. The Morgan fingerprint density at radius 1 is 1.40 bits per heavy atom. The summed E-state index contributed by atoms with van der Waals surface area (Å²) in [6.07, 6.45) is 1.59. The number of ether oxygens (including phenoxy) is 4. The first kappa shape index (κ1) is 14.8. The van der Waals surface area contributed by atoms with Crippen molar-refractivity contribution in [2.75, 3.05) is 20.3 Å². The van der Waals surface area contributed by atoms with Crippen LogP contribution in [0.3, 0.4) is 0 Å². The van der Waals surface area contributed by atoms with E-state index in [0.29, 0.717) is 19.1 Å². The average molecular weight is 282 g/mol. The molecule has 0 amide bonds. The molecule has 112 valence electrons. The molecule has 2 aliphatic carbocycles. The molecular formula is C14H23BO5. The summed E-state index contributed by atoms with van der Waals surface area (Å²) in [5, 5.41) is 10.3. The van der Waals surface area contributed by atoms with E-state index >= 15 is 0 Å². The lowest BCUT2D eigenvalue weighted by Gasteiger charge is -2.29. The van der Waals surface area contributed by atoms with Crippen LogP contribution in [0.1, 0.15) is 26.2 Å². The van der Waals surface area contributed by atoms with E-state index in [4.69, 9.17) is 26.8 Å². The van der Waals surface area contributed by atoms with Crippen molar-refractivity contribution in [3.05, 3.63) is 0 Å². The third-order valence-corrected chi connectivity index (χ3v) is 4.92. The third kappa shape index (κ3) is 2.31. The first-order chi connectivity index (χ1) is 9.62. The second-order valence-electron chi connectivity index (χ2n) is 6.03. The molecule has 7 atom stereocenters. The van der Waals surface area contributed by atoms with Crippen LogP contribution in [-0.4, -0.2) is 69.3 Å². The quantitative estimate of drug-likeness (QED) is 0.707. The zero-order valence-electron chi connectivity index (χ0n) is 12.2. The van der Waals surface area contributed by atoms with E-state index in [-0.39, 0.29) is 11.7 Å². The van der Waals surface area contributed by atoms with Gasteiger partial charge >= 0.3 is 0 Å². The van der Waals surface area contributed by atoms with E-state index in [1.165, 1.54) is 0 Å². The van der Waals surface area contributed by atoms with Gasteiger partial charge in [0.25, 0.3) is 0 Å².